The van der Waals surface area contributed by atoms with Gasteiger partial charge in [-0.25, -0.2) is 10.0 Å². The molecule has 2 aliphatic heterocycles. The van der Waals surface area contributed by atoms with E-state index in [1.807, 2.05) is 72.8 Å². The number of hydrazone groups is 1. The molecular weight excluding hydrogens is 408 g/mol. The number of ketones is 1. The number of para-hydroxylation sites is 1. The van der Waals surface area contributed by atoms with Crippen molar-refractivity contribution in [3.05, 3.63) is 107 Å². The van der Waals surface area contributed by atoms with E-state index in [1.54, 1.807) is 12.1 Å². The summed E-state index contributed by atoms with van der Waals surface area (Å²) in [5, 5.41) is 10.7. The van der Waals surface area contributed by atoms with Crippen LogP contribution in [0.3, 0.4) is 0 Å². The van der Waals surface area contributed by atoms with Crippen LogP contribution in [0, 0.1) is 0 Å². The van der Waals surface area contributed by atoms with Gasteiger partial charge in [0.15, 0.2) is 5.17 Å². The predicted octanol–water partition coefficient (Wildman–Crippen LogP) is 2.27. The largest absolute Gasteiger partial charge is 0.298 e. The first-order valence-electron chi connectivity index (χ1n) is 9.83. The minimum atomic E-state index is -0.939. The van der Waals surface area contributed by atoms with Gasteiger partial charge >= 0.3 is 0 Å². The maximum absolute atomic E-state index is 13.3. The van der Waals surface area contributed by atoms with Gasteiger partial charge < -0.3 is 0 Å². The number of hydrogen-bond donors (Lipinski definition) is 1. The van der Waals surface area contributed by atoms with Crippen molar-refractivity contribution in [2.45, 2.75) is 11.9 Å². The van der Waals surface area contributed by atoms with E-state index in [0.717, 1.165) is 5.56 Å². The summed E-state index contributed by atoms with van der Waals surface area (Å²) in [4.78, 5) is 31.0. The molecule has 0 saturated carbocycles. The third-order valence-electron chi connectivity index (χ3n) is 5.03. The zero-order valence-corrected chi connectivity index (χ0v) is 17.3. The van der Waals surface area contributed by atoms with Crippen molar-refractivity contribution in [3.8, 4) is 0 Å². The summed E-state index contributed by atoms with van der Waals surface area (Å²) in [6, 6.07) is 26.2. The smallest absolute Gasteiger partial charge is 0.276 e. The lowest BCUT2D eigenvalue weighted by Crippen LogP contribution is -2.54. The van der Waals surface area contributed by atoms with E-state index < -0.39 is 6.17 Å². The first kappa shape index (κ1) is 19.3. The second-order valence-corrected chi connectivity index (χ2v) is 8.04. The maximum atomic E-state index is 13.3. The monoisotopic (exact) mass is 426 g/mol. The van der Waals surface area contributed by atoms with Crippen molar-refractivity contribution >= 4 is 34.3 Å². The topological polar surface area (TPSA) is 74.1 Å². The summed E-state index contributed by atoms with van der Waals surface area (Å²) in [6.45, 7) is 0. The highest BCUT2D eigenvalue weighted by Crippen LogP contribution is 2.24. The summed E-state index contributed by atoms with van der Waals surface area (Å²) in [5.41, 5.74) is 1.98. The van der Waals surface area contributed by atoms with Crippen LogP contribution in [0.4, 0.5) is 0 Å². The van der Waals surface area contributed by atoms with E-state index in [-0.39, 0.29) is 11.7 Å². The van der Waals surface area contributed by atoms with Crippen LogP contribution in [0.15, 0.2) is 95.0 Å². The predicted molar refractivity (Wildman–Crippen MR) is 120 cm³/mol. The van der Waals surface area contributed by atoms with Gasteiger partial charge in [0.25, 0.3) is 5.91 Å². The van der Waals surface area contributed by atoms with Crippen molar-refractivity contribution in [1.82, 2.24) is 10.3 Å². The van der Waals surface area contributed by atoms with Gasteiger partial charge in [-0.1, -0.05) is 90.6 Å². The van der Waals surface area contributed by atoms with Gasteiger partial charge in [-0.05, 0) is 11.6 Å². The van der Waals surface area contributed by atoms with E-state index >= 15 is 0 Å². The van der Waals surface area contributed by atoms with E-state index in [2.05, 4.69) is 15.4 Å². The zero-order chi connectivity index (χ0) is 21.2. The average molecular weight is 427 g/mol. The molecule has 1 atom stereocenters. The number of nitrogens with zero attached hydrogens (tertiary/aromatic N) is 3. The Morgan fingerprint density at radius 3 is 2.39 bits per heavy atom. The van der Waals surface area contributed by atoms with Crippen LogP contribution < -0.4 is 15.9 Å². The summed E-state index contributed by atoms with van der Waals surface area (Å²) in [5.74, 6) is 0.144. The number of Topliss-reactive ketones (excluding diaryl/α,β-unsaturated/α-hetero) is 1. The lowest BCUT2D eigenvalue weighted by Gasteiger charge is -2.33. The number of thioether (sulfide) groups is 1. The normalized spacial score (nSPS) is 17.1. The molecule has 3 aromatic carbocycles. The van der Waals surface area contributed by atoms with E-state index in [1.165, 1.54) is 16.8 Å². The molecule has 0 spiro atoms. The molecule has 0 radical (unpaired) electrons. The Morgan fingerprint density at radius 2 is 1.61 bits per heavy atom. The van der Waals surface area contributed by atoms with Gasteiger partial charge in [0, 0.05) is 16.5 Å². The van der Waals surface area contributed by atoms with Crippen LogP contribution in [0.5, 0.6) is 0 Å². The van der Waals surface area contributed by atoms with Crippen molar-refractivity contribution in [3.63, 3.8) is 0 Å². The molecule has 0 aromatic heterocycles. The standard InChI is InChI=1S/C24H18N4O2S/c29-21(17-11-5-2-6-12-17)22-25-19-14-8-7-13-18(19)20-23(30)26-24(27-28(20)22)31-15-16-9-3-1-4-10-16/h1-14,22H,15H2,(H,26,27,30). The van der Waals surface area contributed by atoms with Gasteiger partial charge in [0.05, 0.1) is 5.36 Å². The Labute approximate surface area is 183 Å². The Hall–Kier alpha value is -3.71. The highest BCUT2D eigenvalue weighted by atomic mass is 32.2. The van der Waals surface area contributed by atoms with Crippen LogP contribution in [0.1, 0.15) is 15.9 Å². The fourth-order valence-corrected chi connectivity index (χ4v) is 4.35. The Morgan fingerprint density at radius 1 is 0.935 bits per heavy atom. The minimum Gasteiger partial charge on any atom is -0.298 e. The minimum absolute atomic E-state index is 0.210. The van der Waals surface area contributed by atoms with Gasteiger partial charge in [0.2, 0.25) is 11.9 Å². The molecule has 2 heterocycles. The van der Waals surface area contributed by atoms with Gasteiger partial charge in [-0.3, -0.25) is 14.9 Å². The summed E-state index contributed by atoms with van der Waals surface area (Å²) in [6.07, 6.45) is -0.939. The third-order valence-corrected chi connectivity index (χ3v) is 5.96. The Bertz CT molecular complexity index is 1310. The molecule has 7 heteroatoms. The van der Waals surface area contributed by atoms with E-state index in [4.69, 9.17) is 0 Å². The van der Waals surface area contributed by atoms with Gasteiger partial charge in [-0.15, -0.1) is 5.10 Å². The number of benzene rings is 3. The van der Waals surface area contributed by atoms with E-state index in [9.17, 15) is 9.59 Å². The molecule has 31 heavy (non-hydrogen) atoms. The fraction of sp³-hybridized carbons (Fsp3) is 0.0833. The highest BCUT2D eigenvalue weighted by Gasteiger charge is 2.37. The molecule has 1 N–H and O–H groups in total. The molecule has 3 aromatic rings. The zero-order valence-electron chi connectivity index (χ0n) is 16.4. The molecule has 152 valence electrons. The van der Waals surface area contributed by atoms with E-state index in [0.29, 0.717) is 32.8 Å². The lowest BCUT2D eigenvalue weighted by atomic mass is 10.1. The summed E-state index contributed by atoms with van der Waals surface area (Å²) < 4.78 is 0. The average Bonchev–Trinajstić information content (AvgIpc) is 2.83. The number of hydrogen-bond acceptors (Lipinski definition) is 6. The molecule has 5 rings (SSSR count). The SMILES string of the molecule is O=C1NC(SCc2ccccc2)=NN2C1=c1ccccc1=NC2C(=O)c1ccccc1. The number of carbonyl (C=O) groups excluding carboxylic acids is 2. The highest BCUT2D eigenvalue weighted by molar-refractivity contribution is 8.13. The van der Waals surface area contributed by atoms with Crippen molar-refractivity contribution in [2.24, 2.45) is 10.1 Å². The Balaban J connectivity index is 1.56. The molecule has 0 aliphatic carbocycles. The molecule has 0 fully saturated rings. The Kier molecular flexibility index (Phi) is 5.09. The second kappa shape index (κ2) is 8.20. The molecule has 2 aliphatic rings. The molecule has 0 bridgehead atoms. The first-order chi connectivity index (χ1) is 15.2. The number of nitrogens with one attached hydrogen (secondary N) is 1. The van der Waals surface area contributed by atoms with Gasteiger partial charge in [-0.2, -0.15) is 0 Å². The maximum Gasteiger partial charge on any atom is 0.276 e. The number of carbonyl (C=O) groups is 2. The lowest BCUT2D eigenvalue weighted by molar-refractivity contribution is -0.115. The second-order valence-electron chi connectivity index (χ2n) is 7.08. The van der Waals surface area contributed by atoms with Crippen LogP contribution in [0.2, 0.25) is 0 Å². The first-order valence-corrected chi connectivity index (χ1v) is 10.8. The number of rotatable bonds is 4. The molecular formula is C24H18N4O2S. The fourth-order valence-electron chi connectivity index (χ4n) is 3.54. The molecule has 1 amide bonds. The number of amidine groups is 1. The third kappa shape index (κ3) is 3.75. The van der Waals surface area contributed by atoms with Crippen LogP contribution in [0.25, 0.3) is 5.70 Å². The summed E-state index contributed by atoms with van der Waals surface area (Å²) in [7, 11) is 0. The van der Waals surface area contributed by atoms with Crippen molar-refractivity contribution < 1.29 is 9.59 Å². The van der Waals surface area contributed by atoms with Gasteiger partial charge in [0.1, 0.15) is 5.70 Å². The molecule has 1 unspecified atom stereocenters. The van der Waals surface area contributed by atoms with Crippen LogP contribution in [-0.4, -0.2) is 28.0 Å². The van der Waals surface area contributed by atoms with Crippen molar-refractivity contribution in [1.29, 1.82) is 0 Å². The van der Waals surface area contributed by atoms with Crippen LogP contribution >= 0.6 is 11.8 Å². The number of amides is 1. The van der Waals surface area contributed by atoms with Crippen molar-refractivity contribution in [2.75, 3.05) is 0 Å². The molecule has 6 nitrogen and oxygen atoms in total. The van der Waals surface area contributed by atoms with Crippen LogP contribution in [-0.2, 0) is 10.5 Å². The summed E-state index contributed by atoms with van der Waals surface area (Å²) >= 11 is 1.41. The quantitative estimate of drug-likeness (QED) is 0.650. The molecule has 0 saturated heterocycles. The number of fused-ring (bicyclic) bond motifs is 2.